The normalized spacial score (nSPS) is 18.9. The molecule has 1 aliphatic heterocycles. The number of anilines is 1. The van der Waals surface area contributed by atoms with Crippen molar-refractivity contribution in [2.24, 2.45) is 4.99 Å². The van der Waals surface area contributed by atoms with Crippen LogP contribution in [0.1, 0.15) is 48.9 Å². The van der Waals surface area contributed by atoms with Gasteiger partial charge in [0.15, 0.2) is 11.0 Å². The first-order valence-corrected chi connectivity index (χ1v) is 15.7. The molecule has 12 heteroatoms. The Balaban J connectivity index is 1.12. The summed E-state index contributed by atoms with van der Waals surface area (Å²) >= 11 is 1.60. The van der Waals surface area contributed by atoms with Gasteiger partial charge in [-0.2, -0.15) is 4.99 Å². The van der Waals surface area contributed by atoms with Crippen LogP contribution in [-0.2, 0) is 12.8 Å². The van der Waals surface area contributed by atoms with Crippen LogP contribution in [0.3, 0.4) is 0 Å². The van der Waals surface area contributed by atoms with Crippen molar-refractivity contribution in [1.29, 1.82) is 0 Å². The largest absolute Gasteiger partial charge is 0.573 e. The minimum Gasteiger partial charge on any atom is -0.406 e. The molecular weight excluding hydrogens is 601 g/mol. The van der Waals surface area contributed by atoms with E-state index in [-0.39, 0.29) is 23.9 Å². The number of nitrogens with zero attached hydrogens (tertiary/aromatic N) is 5. The summed E-state index contributed by atoms with van der Waals surface area (Å²) in [6, 6.07) is 17.7. The number of hydrogen-bond donors (Lipinski definition) is 1. The number of nitrogens with one attached hydrogen (secondary N) is 1. The number of ether oxygens (including phenoxy) is 1. The number of carbonyl (C=O) groups is 1. The number of aliphatic imine (C=N–C) groups is 1. The predicted octanol–water partition coefficient (Wildman–Crippen LogP) is 7.44. The molecule has 2 heterocycles. The first-order valence-electron chi connectivity index (χ1n) is 14.8. The first kappa shape index (κ1) is 30.7. The molecule has 3 aromatic carbocycles. The molecular formula is C33H33F3N6O2S. The molecule has 1 fully saturated rings. The van der Waals surface area contributed by atoms with Gasteiger partial charge in [0.1, 0.15) is 12.1 Å². The van der Waals surface area contributed by atoms with Crippen molar-refractivity contribution in [2.45, 2.75) is 64.9 Å². The number of amides is 2. The number of aryl methyl sites for hydroxylation is 1. The van der Waals surface area contributed by atoms with Crippen LogP contribution in [0.4, 0.5) is 23.7 Å². The van der Waals surface area contributed by atoms with E-state index in [1.54, 1.807) is 11.8 Å². The standard InChI is InChI=1S/C33H33F3N6O2S/c1-19(2)28-12-5-20(3)13-29(28)42-21(4)17-45-32(42)39-31(43)38-25-15-22-6-7-23(14-24(22)16-25)30-37-18-41(40-30)26-8-10-27(11-9-26)44-33(34,35)36/h5-14,18-19,21,25H,15-17H2,1-4H3,(H,38,43)/b39-32-. The number of carbonyl (C=O) groups excluding carboxylic acids is 1. The van der Waals surface area contributed by atoms with Gasteiger partial charge in [-0.05, 0) is 91.3 Å². The Kier molecular flexibility index (Phi) is 8.34. The van der Waals surface area contributed by atoms with Gasteiger partial charge in [-0.1, -0.05) is 49.9 Å². The number of alkyl halides is 3. The third-order valence-corrected chi connectivity index (χ3v) is 9.11. The number of halogens is 3. The second-order valence-electron chi connectivity index (χ2n) is 11.7. The smallest absolute Gasteiger partial charge is 0.406 e. The van der Waals surface area contributed by atoms with Crippen molar-refractivity contribution < 1.29 is 22.7 Å². The molecule has 2 aliphatic rings. The molecule has 0 radical (unpaired) electrons. The Morgan fingerprint density at radius 1 is 1.07 bits per heavy atom. The van der Waals surface area contributed by atoms with Crippen LogP contribution in [0.2, 0.25) is 0 Å². The quantitative estimate of drug-likeness (QED) is 0.237. The second kappa shape index (κ2) is 12.2. The summed E-state index contributed by atoms with van der Waals surface area (Å²) in [4.78, 5) is 24.3. The SMILES string of the molecule is Cc1ccc(C(C)C)c(N2/C(=N/C(=O)NC3Cc4ccc(-c5ncn(-c6ccc(OC(F)(F)F)cc6)n5)cc4C3)SCC2C)c1. The number of fused-ring (bicyclic) bond motifs is 1. The number of hydrogen-bond acceptors (Lipinski definition) is 5. The molecule has 4 aromatic rings. The van der Waals surface area contributed by atoms with Gasteiger partial charge in [-0.3, -0.25) is 0 Å². The van der Waals surface area contributed by atoms with E-state index in [1.165, 1.54) is 46.4 Å². The molecule has 0 bridgehead atoms. The fourth-order valence-electron chi connectivity index (χ4n) is 5.78. The third-order valence-electron chi connectivity index (χ3n) is 7.92. The van der Waals surface area contributed by atoms with Crippen LogP contribution in [0, 0.1) is 6.92 Å². The lowest BCUT2D eigenvalue weighted by molar-refractivity contribution is -0.274. The Morgan fingerprint density at radius 2 is 1.82 bits per heavy atom. The maximum Gasteiger partial charge on any atom is 0.573 e. The lowest BCUT2D eigenvalue weighted by Crippen LogP contribution is -2.36. The highest BCUT2D eigenvalue weighted by molar-refractivity contribution is 8.14. The van der Waals surface area contributed by atoms with Gasteiger partial charge in [0.05, 0.1) is 5.69 Å². The molecule has 2 unspecified atom stereocenters. The third kappa shape index (κ3) is 6.85. The van der Waals surface area contributed by atoms with E-state index in [2.05, 4.69) is 75.9 Å². The van der Waals surface area contributed by atoms with E-state index in [0.717, 1.165) is 33.3 Å². The molecule has 8 nitrogen and oxygen atoms in total. The fraction of sp³-hybridized carbons (Fsp3) is 0.333. The number of rotatable bonds is 6. The van der Waals surface area contributed by atoms with E-state index in [1.807, 2.05) is 18.2 Å². The zero-order valence-electron chi connectivity index (χ0n) is 25.3. The van der Waals surface area contributed by atoms with Gasteiger partial charge in [0.2, 0.25) is 0 Å². The van der Waals surface area contributed by atoms with Crippen LogP contribution in [0.25, 0.3) is 17.1 Å². The van der Waals surface area contributed by atoms with Gasteiger partial charge in [-0.25, -0.2) is 14.5 Å². The second-order valence-corrected chi connectivity index (χ2v) is 12.7. The van der Waals surface area contributed by atoms with E-state index in [9.17, 15) is 18.0 Å². The van der Waals surface area contributed by atoms with Crippen molar-refractivity contribution in [3.8, 4) is 22.8 Å². The van der Waals surface area contributed by atoms with Crippen LogP contribution in [0.5, 0.6) is 5.75 Å². The van der Waals surface area contributed by atoms with E-state index >= 15 is 0 Å². The highest BCUT2D eigenvalue weighted by Gasteiger charge is 2.32. The minimum absolute atomic E-state index is 0.0856. The lowest BCUT2D eigenvalue weighted by atomic mass is 9.98. The van der Waals surface area contributed by atoms with Gasteiger partial charge >= 0.3 is 12.4 Å². The topological polar surface area (TPSA) is 84.6 Å². The summed E-state index contributed by atoms with van der Waals surface area (Å²) in [6.07, 6.45) is -1.89. The van der Waals surface area contributed by atoms with E-state index < -0.39 is 6.36 Å². The average molecular weight is 635 g/mol. The highest BCUT2D eigenvalue weighted by atomic mass is 32.2. The van der Waals surface area contributed by atoms with E-state index in [0.29, 0.717) is 30.3 Å². The summed E-state index contributed by atoms with van der Waals surface area (Å²) in [5.74, 6) is 1.37. The molecule has 1 N–H and O–H groups in total. The molecule has 2 amide bonds. The van der Waals surface area contributed by atoms with Crippen molar-refractivity contribution in [3.05, 3.63) is 89.2 Å². The minimum atomic E-state index is -4.75. The van der Waals surface area contributed by atoms with Gasteiger partial charge in [-0.15, -0.1) is 18.3 Å². The highest BCUT2D eigenvalue weighted by Crippen LogP contribution is 2.36. The zero-order chi connectivity index (χ0) is 31.9. The molecule has 1 saturated heterocycles. The number of urea groups is 1. The lowest BCUT2D eigenvalue weighted by Gasteiger charge is -2.27. The number of benzene rings is 3. The Hall–Kier alpha value is -4.32. The fourth-order valence-corrected chi connectivity index (χ4v) is 6.88. The molecule has 45 heavy (non-hydrogen) atoms. The molecule has 1 aromatic heterocycles. The summed E-state index contributed by atoms with van der Waals surface area (Å²) in [6.45, 7) is 8.59. The molecule has 234 valence electrons. The van der Waals surface area contributed by atoms with Crippen molar-refractivity contribution in [1.82, 2.24) is 20.1 Å². The Morgan fingerprint density at radius 3 is 2.56 bits per heavy atom. The van der Waals surface area contributed by atoms with Gasteiger partial charge < -0.3 is 15.0 Å². The summed E-state index contributed by atoms with van der Waals surface area (Å²) in [5.41, 5.74) is 7.11. The van der Waals surface area contributed by atoms with Gasteiger partial charge in [0.25, 0.3) is 0 Å². The summed E-state index contributed by atoms with van der Waals surface area (Å²) in [5, 5.41) is 8.34. The van der Waals surface area contributed by atoms with Crippen LogP contribution < -0.4 is 15.0 Å². The Labute approximate surface area is 263 Å². The van der Waals surface area contributed by atoms with Crippen molar-refractivity contribution in [3.63, 3.8) is 0 Å². The van der Waals surface area contributed by atoms with Gasteiger partial charge in [0, 0.05) is 29.1 Å². The number of amidine groups is 1. The van der Waals surface area contributed by atoms with Crippen molar-refractivity contribution >= 4 is 28.6 Å². The molecule has 1 aliphatic carbocycles. The van der Waals surface area contributed by atoms with Crippen LogP contribution >= 0.6 is 11.8 Å². The zero-order valence-corrected chi connectivity index (χ0v) is 26.1. The summed E-state index contributed by atoms with van der Waals surface area (Å²) in [7, 11) is 0. The molecule has 6 rings (SSSR count). The average Bonchev–Trinajstić information content (AvgIpc) is 3.70. The number of aromatic nitrogens is 3. The predicted molar refractivity (Wildman–Crippen MR) is 170 cm³/mol. The van der Waals surface area contributed by atoms with Crippen LogP contribution in [0.15, 0.2) is 72.0 Å². The number of thioether (sulfide) groups is 1. The van der Waals surface area contributed by atoms with Crippen LogP contribution in [-0.4, -0.2) is 50.2 Å². The molecule has 2 atom stereocenters. The molecule has 0 saturated carbocycles. The first-order chi connectivity index (χ1) is 21.4. The Bertz CT molecular complexity index is 1750. The summed E-state index contributed by atoms with van der Waals surface area (Å²) < 4.78 is 42.8. The maximum atomic E-state index is 13.2. The van der Waals surface area contributed by atoms with E-state index in [4.69, 9.17) is 0 Å². The maximum absolute atomic E-state index is 13.2. The van der Waals surface area contributed by atoms with Crippen molar-refractivity contribution in [2.75, 3.05) is 10.7 Å². The monoisotopic (exact) mass is 634 g/mol. The molecule has 0 spiro atoms.